The molecule has 0 atom stereocenters. The predicted octanol–water partition coefficient (Wildman–Crippen LogP) is 5.27. The van der Waals surface area contributed by atoms with E-state index in [1.807, 2.05) is 0 Å². The van der Waals surface area contributed by atoms with E-state index in [2.05, 4.69) is 20.1 Å². The molecule has 0 saturated heterocycles. The van der Waals surface area contributed by atoms with Gasteiger partial charge < -0.3 is 9.84 Å². The van der Waals surface area contributed by atoms with Crippen molar-refractivity contribution in [1.29, 1.82) is 0 Å². The molecule has 0 aromatic carbocycles. The maximum Gasteiger partial charge on any atom is 0.0649 e. The first-order valence-corrected chi connectivity index (χ1v) is 8.23. The summed E-state index contributed by atoms with van der Waals surface area (Å²) >= 11 is 0. The summed E-state index contributed by atoms with van der Waals surface area (Å²) < 4.78 is 4.90. The third-order valence-electron chi connectivity index (χ3n) is 2.98. The van der Waals surface area contributed by atoms with E-state index in [1.165, 1.54) is 57.8 Å². The van der Waals surface area contributed by atoms with Gasteiger partial charge in [-0.05, 0) is 6.42 Å². The van der Waals surface area contributed by atoms with Crippen LogP contribution in [0.3, 0.4) is 0 Å². The van der Waals surface area contributed by atoms with Crippen LogP contribution in [0.4, 0.5) is 0 Å². The third-order valence-corrected chi connectivity index (χ3v) is 2.98. The Morgan fingerprint density at radius 2 is 1.15 bits per heavy atom. The molecule has 0 spiro atoms. The molecule has 2 heteroatoms. The summed E-state index contributed by atoms with van der Waals surface area (Å²) in [6.07, 6.45) is 16.7. The Kier molecular flexibility index (Phi) is 25.5. The zero-order valence-corrected chi connectivity index (χ0v) is 13.6. The molecular weight excluding hydrogens is 248 g/mol. The van der Waals surface area contributed by atoms with E-state index < -0.39 is 0 Å². The van der Waals surface area contributed by atoms with Gasteiger partial charge in [0.15, 0.2) is 0 Å². The van der Waals surface area contributed by atoms with Crippen LogP contribution in [-0.2, 0) is 4.74 Å². The van der Waals surface area contributed by atoms with E-state index >= 15 is 0 Å². The molecule has 0 rings (SSSR count). The second-order valence-electron chi connectivity index (χ2n) is 5.02. The van der Waals surface area contributed by atoms with Crippen LogP contribution in [-0.4, -0.2) is 24.9 Å². The Labute approximate surface area is 126 Å². The molecule has 0 aromatic heterocycles. The molecule has 0 aliphatic heterocycles. The second-order valence-corrected chi connectivity index (χ2v) is 5.02. The van der Waals surface area contributed by atoms with Gasteiger partial charge >= 0.3 is 0 Å². The minimum absolute atomic E-state index is 0.372. The van der Waals surface area contributed by atoms with Gasteiger partial charge in [-0.25, -0.2) is 0 Å². The molecule has 0 radical (unpaired) electrons. The van der Waals surface area contributed by atoms with E-state index in [0.717, 1.165) is 6.42 Å². The standard InChI is InChI=1S/C12H26O.C6H10O/c1-2-3-4-5-6-7-8-9-10-11-12-13;1-3-5-7-6-4-2/h13H,2-12H2,1H3;3-4H,1-2,5-6H2. The molecule has 0 heterocycles. The van der Waals surface area contributed by atoms with Crippen molar-refractivity contribution < 1.29 is 9.84 Å². The van der Waals surface area contributed by atoms with Crippen LogP contribution in [0.25, 0.3) is 0 Å². The summed E-state index contributed by atoms with van der Waals surface area (Å²) in [6.45, 7) is 10.8. The minimum atomic E-state index is 0.372. The Morgan fingerprint density at radius 1 is 0.750 bits per heavy atom. The van der Waals surface area contributed by atoms with Gasteiger partial charge in [0.1, 0.15) is 0 Å². The molecule has 0 saturated carbocycles. The third kappa shape index (κ3) is 26.1. The SMILES string of the molecule is C=CCOCC=C.CCCCCCCCCCCCO. The van der Waals surface area contributed by atoms with E-state index in [1.54, 1.807) is 12.2 Å². The Hall–Kier alpha value is -0.600. The summed E-state index contributed by atoms with van der Waals surface area (Å²) in [7, 11) is 0. The van der Waals surface area contributed by atoms with Gasteiger partial charge in [-0.1, -0.05) is 76.9 Å². The highest BCUT2D eigenvalue weighted by atomic mass is 16.5. The zero-order valence-electron chi connectivity index (χ0n) is 13.6. The van der Waals surface area contributed by atoms with Crippen molar-refractivity contribution in [3.05, 3.63) is 25.3 Å². The van der Waals surface area contributed by atoms with Gasteiger partial charge in [-0.3, -0.25) is 0 Å². The monoisotopic (exact) mass is 284 g/mol. The number of unbranched alkanes of at least 4 members (excludes halogenated alkanes) is 9. The lowest BCUT2D eigenvalue weighted by Crippen LogP contribution is -1.87. The van der Waals surface area contributed by atoms with Gasteiger partial charge in [0, 0.05) is 6.61 Å². The van der Waals surface area contributed by atoms with Gasteiger partial charge in [0.2, 0.25) is 0 Å². The molecule has 0 aliphatic carbocycles. The van der Waals surface area contributed by atoms with Crippen LogP contribution in [0.5, 0.6) is 0 Å². The van der Waals surface area contributed by atoms with Crippen LogP contribution in [0, 0.1) is 0 Å². The molecular formula is C18H36O2. The first-order valence-electron chi connectivity index (χ1n) is 8.23. The van der Waals surface area contributed by atoms with Gasteiger partial charge in [0.05, 0.1) is 13.2 Å². The number of aliphatic hydroxyl groups is 1. The fourth-order valence-electron chi connectivity index (χ4n) is 1.83. The molecule has 20 heavy (non-hydrogen) atoms. The molecule has 0 bridgehead atoms. The van der Waals surface area contributed by atoms with E-state index in [4.69, 9.17) is 9.84 Å². The number of ether oxygens (including phenoxy) is 1. The number of hydrogen-bond acceptors (Lipinski definition) is 2. The van der Waals surface area contributed by atoms with Crippen molar-refractivity contribution in [2.24, 2.45) is 0 Å². The molecule has 0 aromatic rings. The smallest absolute Gasteiger partial charge is 0.0649 e. The molecule has 0 aliphatic rings. The first-order chi connectivity index (χ1) is 9.83. The zero-order chi connectivity index (χ0) is 15.3. The van der Waals surface area contributed by atoms with Gasteiger partial charge in [-0.15, -0.1) is 13.2 Å². The largest absolute Gasteiger partial charge is 0.396 e. The van der Waals surface area contributed by atoms with Crippen LogP contribution < -0.4 is 0 Å². The molecule has 120 valence electrons. The van der Waals surface area contributed by atoms with Crippen LogP contribution in [0.15, 0.2) is 25.3 Å². The highest BCUT2D eigenvalue weighted by Crippen LogP contribution is 2.09. The van der Waals surface area contributed by atoms with Crippen molar-refractivity contribution in [3.8, 4) is 0 Å². The van der Waals surface area contributed by atoms with E-state index in [-0.39, 0.29) is 0 Å². The highest BCUT2D eigenvalue weighted by Gasteiger charge is 1.91. The number of aliphatic hydroxyl groups excluding tert-OH is 1. The van der Waals surface area contributed by atoms with Crippen LogP contribution in [0.1, 0.15) is 71.1 Å². The first kappa shape index (κ1) is 21.7. The summed E-state index contributed by atoms with van der Waals surface area (Å²) in [5.74, 6) is 0. The highest BCUT2D eigenvalue weighted by molar-refractivity contribution is 4.68. The number of rotatable bonds is 14. The predicted molar refractivity (Wildman–Crippen MR) is 90.1 cm³/mol. The molecule has 0 unspecified atom stereocenters. The average molecular weight is 284 g/mol. The quantitative estimate of drug-likeness (QED) is 0.347. The van der Waals surface area contributed by atoms with Crippen molar-refractivity contribution in [3.63, 3.8) is 0 Å². The summed E-state index contributed by atoms with van der Waals surface area (Å²) in [5, 5.41) is 8.57. The molecule has 1 N–H and O–H groups in total. The second kappa shape index (κ2) is 23.5. The average Bonchev–Trinajstić information content (AvgIpc) is 2.47. The lowest BCUT2D eigenvalue weighted by atomic mass is 10.1. The summed E-state index contributed by atoms with van der Waals surface area (Å²) in [6, 6.07) is 0. The molecule has 2 nitrogen and oxygen atoms in total. The van der Waals surface area contributed by atoms with Crippen molar-refractivity contribution in [2.45, 2.75) is 71.1 Å². The lowest BCUT2D eigenvalue weighted by Gasteiger charge is -2.00. The van der Waals surface area contributed by atoms with Crippen molar-refractivity contribution in [2.75, 3.05) is 19.8 Å². The molecule has 0 amide bonds. The van der Waals surface area contributed by atoms with Crippen molar-refractivity contribution >= 4 is 0 Å². The Balaban J connectivity index is 0. The fourth-order valence-corrected chi connectivity index (χ4v) is 1.83. The lowest BCUT2D eigenvalue weighted by molar-refractivity contribution is 0.194. The van der Waals surface area contributed by atoms with Gasteiger partial charge in [0.25, 0.3) is 0 Å². The minimum Gasteiger partial charge on any atom is -0.396 e. The maximum absolute atomic E-state index is 8.57. The fraction of sp³-hybridized carbons (Fsp3) is 0.778. The van der Waals surface area contributed by atoms with E-state index in [0.29, 0.717) is 19.8 Å². The number of hydrogen-bond donors (Lipinski definition) is 1. The topological polar surface area (TPSA) is 29.5 Å². The van der Waals surface area contributed by atoms with Crippen LogP contribution in [0.2, 0.25) is 0 Å². The van der Waals surface area contributed by atoms with Gasteiger partial charge in [-0.2, -0.15) is 0 Å². The maximum atomic E-state index is 8.57. The Morgan fingerprint density at radius 3 is 1.50 bits per heavy atom. The van der Waals surface area contributed by atoms with Crippen molar-refractivity contribution in [1.82, 2.24) is 0 Å². The molecule has 0 fully saturated rings. The Bertz CT molecular complexity index is 160. The van der Waals surface area contributed by atoms with Crippen LogP contribution >= 0.6 is 0 Å². The normalized spacial score (nSPS) is 9.70. The summed E-state index contributed by atoms with van der Waals surface area (Å²) in [4.78, 5) is 0. The summed E-state index contributed by atoms with van der Waals surface area (Å²) in [5.41, 5.74) is 0. The van der Waals surface area contributed by atoms with E-state index in [9.17, 15) is 0 Å².